The van der Waals surface area contributed by atoms with E-state index in [4.69, 9.17) is 0 Å². The highest BCUT2D eigenvalue weighted by molar-refractivity contribution is 5.27. The van der Waals surface area contributed by atoms with Crippen molar-refractivity contribution in [2.45, 2.75) is 33.2 Å². The van der Waals surface area contributed by atoms with Gasteiger partial charge in [-0.25, -0.2) is 0 Å². The van der Waals surface area contributed by atoms with Gasteiger partial charge < -0.3 is 4.90 Å². The molecule has 1 saturated heterocycles. The summed E-state index contributed by atoms with van der Waals surface area (Å²) in [4.78, 5) is 9.11. The van der Waals surface area contributed by atoms with Gasteiger partial charge in [0.25, 0.3) is 0 Å². The van der Waals surface area contributed by atoms with Crippen molar-refractivity contribution >= 4 is 5.95 Å². The first-order chi connectivity index (χ1) is 7.83. The molecule has 0 bridgehead atoms. The summed E-state index contributed by atoms with van der Waals surface area (Å²) in [6.45, 7) is 9.46. The lowest BCUT2D eigenvalue weighted by atomic mass is 10.4. The quantitative estimate of drug-likeness (QED) is 0.816. The second-order valence-corrected chi connectivity index (χ2v) is 4.24. The van der Waals surface area contributed by atoms with Crippen LogP contribution in [0.2, 0.25) is 0 Å². The second-order valence-electron chi connectivity index (χ2n) is 4.24. The van der Waals surface area contributed by atoms with Gasteiger partial charge in [0, 0.05) is 13.1 Å². The minimum Gasteiger partial charge on any atom is -0.340 e. The number of hydrogen-bond acceptors (Lipinski definition) is 4. The number of aromatic nitrogens is 3. The maximum Gasteiger partial charge on any atom is 0.244 e. The first-order valence-electron chi connectivity index (χ1n) is 6.22. The van der Waals surface area contributed by atoms with Gasteiger partial charge >= 0.3 is 0 Å². The molecule has 1 aromatic rings. The van der Waals surface area contributed by atoms with Gasteiger partial charge in [-0.1, -0.05) is 0 Å². The highest BCUT2D eigenvalue weighted by Gasteiger charge is 2.15. The summed E-state index contributed by atoms with van der Waals surface area (Å²) in [6, 6.07) is 0. The fourth-order valence-electron chi connectivity index (χ4n) is 2.16. The molecule has 1 fully saturated rings. The molecule has 16 heavy (non-hydrogen) atoms. The standard InChI is InChI=1S/C11H21N5/c1-3-16(4-2)11-12-10(13-14-11)9-15-7-5-6-8-15/h3-9H2,1-2H3,(H,12,13,14). The van der Waals surface area contributed by atoms with Gasteiger partial charge in [0.05, 0.1) is 6.54 Å². The zero-order valence-corrected chi connectivity index (χ0v) is 10.2. The summed E-state index contributed by atoms with van der Waals surface area (Å²) in [5.41, 5.74) is 0. The summed E-state index contributed by atoms with van der Waals surface area (Å²) in [7, 11) is 0. The lowest BCUT2D eigenvalue weighted by molar-refractivity contribution is 0.323. The molecule has 0 radical (unpaired) electrons. The Morgan fingerprint density at radius 2 is 1.94 bits per heavy atom. The third-order valence-corrected chi connectivity index (χ3v) is 3.14. The van der Waals surface area contributed by atoms with Crippen LogP contribution in [-0.2, 0) is 6.54 Å². The molecule has 0 atom stereocenters. The Bertz CT molecular complexity index is 312. The van der Waals surface area contributed by atoms with Gasteiger partial charge in [0.1, 0.15) is 5.82 Å². The SMILES string of the molecule is CCN(CC)c1n[nH]c(CN2CCCC2)n1. The lowest BCUT2D eigenvalue weighted by Crippen LogP contribution is -2.23. The van der Waals surface area contributed by atoms with Crippen LogP contribution in [0.5, 0.6) is 0 Å². The molecule has 0 amide bonds. The van der Waals surface area contributed by atoms with Crippen molar-refractivity contribution in [3.8, 4) is 0 Å². The van der Waals surface area contributed by atoms with Crippen LogP contribution in [0.1, 0.15) is 32.5 Å². The summed E-state index contributed by atoms with van der Waals surface area (Å²) >= 11 is 0. The fraction of sp³-hybridized carbons (Fsp3) is 0.818. The van der Waals surface area contributed by atoms with Crippen LogP contribution >= 0.6 is 0 Å². The Morgan fingerprint density at radius 3 is 2.56 bits per heavy atom. The Hall–Kier alpha value is -1.10. The van der Waals surface area contributed by atoms with Gasteiger partial charge in [-0.15, -0.1) is 5.10 Å². The first kappa shape index (κ1) is 11.4. The topological polar surface area (TPSA) is 48.1 Å². The van der Waals surface area contributed by atoms with Crippen LogP contribution in [0, 0.1) is 0 Å². The molecule has 0 unspecified atom stereocenters. The van der Waals surface area contributed by atoms with E-state index in [2.05, 4.69) is 38.8 Å². The third kappa shape index (κ3) is 2.52. The van der Waals surface area contributed by atoms with Crippen molar-refractivity contribution in [2.24, 2.45) is 0 Å². The van der Waals surface area contributed by atoms with E-state index in [-0.39, 0.29) is 0 Å². The average molecular weight is 223 g/mol. The van der Waals surface area contributed by atoms with E-state index >= 15 is 0 Å². The van der Waals surface area contributed by atoms with E-state index in [1.807, 2.05) is 0 Å². The predicted octanol–water partition coefficient (Wildman–Crippen LogP) is 1.25. The predicted molar refractivity (Wildman–Crippen MR) is 64.5 cm³/mol. The Labute approximate surface area is 96.8 Å². The summed E-state index contributed by atoms with van der Waals surface area (Å²) < 4.78 is 0. The van der Waals surface area contributed by atoms with Gasteiger partial charge in [-0.3, -0.25) is 10.00 Å². The van der Waals surface area contributed by atoms with E-state index in [0.29, 0.717) is 0 Å². The summed E-state index contributed by atoms with van der Waals surface area (Å²) in [5, 5.41) is 7.30. The monoisotopic (exact) mass is 223 g/mol. The number of rotatable bonds is 5. The Morgan fingerprint density at radius 1 is 1.25 bits per heavy atom. The van der Waals surface area contributed by atoms with Crippen LogP contribution < -0.4 is 4.90 Å². The van der Waals surface area contributed by atoms with E-state index in [1.54, 1.807) is 0 Å². The van der Waals surface area contributed by atoms with Crippen molar-refractivity contribution in [1.82, 2.24) is 20.1 Å². The molecule has 1 N–H and O–H groups in total. The number of hydrogen-bond donors (Lipinski definition) is 1. The van der Waals surface area contributed by atoms with Crippen molar-refractivity contribution in [3.05, 3.63) is 5.82 Å². The molecule has 1 aliphatic heterocycles. The molecule has 0 aromatic carbocycles. The van der Waals surface area contributed by atoms with Crippen LogP contribution in [0.4, 0.5) is 5.95 Å². The zero-order valence-electron chi connectivity index (χ0n) is 10.2. The van der Waals surface area contributed by atoms with Crippen molar-refractivity contribution in [2.75, 3.05) is 31.1 Å². The summed E-state index contributed by atoms with van der Waals surface area (Å²) in [5.74, 6) is 1.82. The highest BCUT2D eigenvalue weighted by atomic mass is 15.4. The Balaban J connectivity index is 1.95. The van der Waals surface area contributed by atoms with E-state index in [1.165, 1.54) is 25.9 Å². The first-order valence-corrected chi connectivity index (χ1v) is 6.22. The van der Waals surface area contributed by atoms with Crippen LogP contribution in [0.3, 0.4) is 0 Å². The highest BCUT2D eigenvalue weighted by Crippen LogP contribution is 2.12. The maximum absolute atomic E-state index is 4.53. The zero-order chi connectivity index (χ0) is 11.4. The Kier molecular flexibility index (Phi) is 3.77. The maximum atomic E-state index is 4.53. The number of likely N-dealkylation sites (tertiary alicyclic amines) is 1. The largest absolute Gasteiger partial charge is 0.340 e. The molecule has 1 aliphatic rings. The van der Waals surface area contributed by atoms with E-state index in [0.717, 1.165) is 31.4 Å². The van der Waals surface area contributed by atoms with E-state index < -0.39 is 0 Å². The molecule has 0 saturated carbocycles. The number of H-pyrrole nitrogens is 1. The van der Waals surface area contributed by atoms with Crippen molar-refractivity contribution in [3.63, 3.8) is 0 Å². The third-order valence-electron chi connectivity index (χ3n) is 3.14. The number of aromatic amines is 1. The molecule has 2 heterocycles. The molecule has 5 nitrogen and oxygen atoms in total. The van der Waals surface area contributed by atoms with Crippen molar-refractivity contribution in [1.29, 1.82) is 0 Å². The fourth-order valence-corrected chi connectivity index (χ4v) is 2.16. The normalized spacial score (nSPS) is 16.9. The lowest BCUT2D eigenvalue weighted by Gasteiger charge is -2.15. The molecule has 0 aliphatic carbocycles. The smallest absolute Gasteiger partial charge is 0.244 e. The minimum absolute atomic E-state index is 0.833. The number of anilines is 1. The van der Waals surface area contributed by atoms with Gasteiger partial charge in [0.2, 0.25) is 5.95 Å². The molecule has 90 valence electrons. The second kappa shape index (κ2) is 5.30. The number of nitrogens with one attached hydrogen (secondary N) is 1. The van der Waals surface area contributed by atoms with Gasteiger partial charge in [-0.2, -0.15) is 4.98 Å². The van der Waals surface area contributed by atoms with Gasteiger partial charge in [0.15, 0.2) is 0 Å². The summed E-state index contributed by atoms with van der Waals surface area (Å²) in [6.07, 6.45) is 2.63. The molecule has 0 spiro atoms. The molecule has 2 rings (SSSR count). The van der Waals surface area contributed by atoms with Crippen LogP contribution in [0.15, 0.2) is 0 Å². The average Bonchev–Trinajstić information content (AvgIpc) is 2.93. The molecule has 1 aromatic heterocycles. The van der Waals surface area contributed by atoms with Crippen LogP contribution in [0.25, 0.3) is 0 Å². The van der Waals surface area contributed by atoms with Gasteiger partial charge in [-0.05, 0) is 39.8 Å². The number of nitrogens with zero attached hydrogens (tertiary/aromatic N) is 4. The van der Waals surface area contributed by atoms with Crippen molar-refractivity contribution < 1.29 is 0 Å². The minimum atomic E-state index is 0.833. The van der Waals surface area contributed by atoms with Crippen LogP contribution in [-0.4, -0.2) is 46.3 Å². The van der Waals surface area contributed by atoms with E-state index in [9.17, 15) is 0 Å². The molecular weight excluding hydrogens is 202 g/mol. The molecular formula is C11H21N5. The molecule has 5 heteroatoms.